The first-order valence-corrected chi connectivity index (χ1v) is 7.67. The predicted octanol–water partition coefficient (Wildman–Crippen LogP) is 4.52. The van der Waals surface area contributed by atoms with E-state index in [-0.39, 0.29) is 5.82 Å². The molecule has 0 unspecified atom stereocenters. The zero-order chi connectivity index (χ0) is 14.4. The highest BCUT2D eigenvalue weighted by Gasteiger charge is 2.07. The predicted molar refractivity (Wildman–Crippen MR) is 81.8 cm³/mol. The first-order valence-electron chi connectivity index (χ1n) is 6.47. The third-order valence-corrected chi connectivity index (χ3v) is 3.97. The number of aromatic nitrogens is 1. The van der Waals surface area contributed by atoms with Crippen molar-refractivity contribution >= 4 is 23.4 Å². The molecule has 2 nitrogen and oxygen atoms in total. The second-order valence-electron chi connectivity index (χ2n) is 4.35. The van der Waals surface area contributed by atoms with Gasteiger partial charge in [0.2, 0.25) is 0 Å². The summed E-state index contributed by atoms with van der Waals surface area (Å²) in [5.74, 6) is -0.216. The second kappa shape index (κ2) is 7.62. The molecule has 1 aromatic carbocycles. The summed E-state index contributed by atoms with van der Waals surface area (Å²) in [6.45, 7) is 3.67. The quantitative estimate of drug-likeness (QED) is 0.794. The highest BCUT2D eigenvalue weighted by Crippen LogP contribution is 2.30. The van der Waals surface area contributed by atoms with Gasteiger partial charge < -0.3 is 5.32 Å². The van der Waals surface area contributed by atoms with Gasteiger partial charge in [-0.05, 0) is 48.9 Å². The number of halogens is 2. The summed E-state index contributed by atoms with van der Waals surface area (Å²) in [6, 6.07) is 8.50. The number of benzene rings is 1. The fourth-order valence-corrected chi connectivity index (χ4v) is 2.70. The van der Waals surface area contributed by atoms with Gasteiger partial charge in [-0.15, -0.1) is 0 Å². The Morgan fingerprint density at radius 3 is 2.85 bits per heavy atom. The van der Waals surface area contributed by atoms with Crippen molar-refractivity contribution in [2.24, 2.45) is 0 Å². The molecule has 1 N–H and O–H groups in total. The number of nitrogens with zero attached hydrogens (tertiary/aromatic N) is 1. The van der Waals surface area contributed by atoms with E-state index in [9.17, 15) is 4.39 Å². The fraction of sp³-hybridized carbons (Fsp3) is 0.267. The van der Waals surface area contributed by atoms with Gasteiger partial charge in [0, 0.05) is 17.6 Å². The SMILES string of the molecule is CCCNCc1cc(F)ccc1Sc1ccc(Cl)cn1. The molecule has 0 saturated heterocycles. The molecule has 0 bridgehead atoms. The maximum atomic E-state index is 13.4. The Balaban J connectivity index is 2.15. The van der Waals surface area contributed by atoms with E-state index in [1.807, 2.05) is 6.07 Å². The van der Waals surface area contributed by atoms with Crippen LogP contribution in [0.15, 0.2) is 46.5 Å². The molecule has 106 valence electrons. The van der Waals surface area contributed by atoms with Gasteiger partial charge in [0.15, 0.2) is 0 Å². The molecule has 0 saturated carbocycles. The van der Waals surface area contributed by atoms with Crippen molar-refractivity contribution in [1.29, 1.82) is 0 Å². The van der Waals surface area contributed by atoms with Crippen LogP contribution in [-0.2, 0) is 6.54 Å². The molecular weight excluding hydrogens is 295 g/mol. The Kier molecular flexibility index (Phi) is 5.83. The lowest BCUT2D eigenvalue weighted by molar-refractivity contribution is 0.615. The van der Waals surface area contributed by atoms with Crippen molar-refractivity contribution in [3.8, 4) is 0 Å². The summed E-state index contributed by atoms with van der Waals surface area (Å²) in [4.78, 5) is 5.25. The molecule has 0 radical (unpaired) electrons. The number of rotatable bonds is 6. The van der Waals surface area contributed by atoms with Crippen LogP contribution in [0.2, 0.25) is 5.02 Å². The summed E-state index contributed by atoms with van der Waals surface area (Å²) in [6.07, 6.45) is 2.67. The van der Waals surface area contributed by atoms with Gasteiger partial charge in [0.05, 0.1) is 5.02 Å². The highest BCUT2D eigenvalue weighted by atomic mass is 35.5. The third-order valence-electron chi connectivity index (χ3n) is 2.68. The molecule has 2 rings (SSSR count). The topological polar surface area (TPSA) is 24.9 Å². The number of hydrogen-bond acceptors (Lipinski definition) is 3. The Labute approximate surface area is 127 Å². The van der Waals surface area contributed by atoms with Gasteiger partial charge in [0.1, 0.15) is 10.8 Å². The zero-order valence-corrected chi connectivity index (χ0v) is 12.8. The van der Waals surface area contributed by atoms with E-state index in [0.29, 0.717) is 11.6 Å². The van der Waals surface area contributed by atoms with E-state index in [1.54, 1.807) is 24.4 Å². The molecule has 0 atom stereocenters. The lowest BCUT2D eigenvalue weighted by Crippen LogP contribution is -2.14. The average molecular weight is 311 g/mol. The van der Waals surface area contributed by atoms with Crippen LogP contribution >= 0.6 is 23.4 Å². The summed E-state index contributed by atoms with van der Waals surface area (Å²) >= 11 is 7.33. The van der Waals surface area contributed by atoms with Crippen LogP contribution in [0, 0.1) is 5.82 Å². The molecule has 0 fully saturated rings. The minimum atomic E-state index is -0.216. The minimum absolute atomic E-state index is 0.216. The Hall–Kier alpha value is -1.10. The minimum Gasteiger partial charge on any atom is -0.313 e. The van der Waals surface area contributed by atoms with E-state index in [1.165, 1.54) is 17.8 Å². The lowest BCUT2D eigenvalue weighted by atomic mass is 10.2. The number of hydrogen-bond donors (Lipinski definition) is 1. The zero-order valence-electron chi connectivity index (χ0n) is 11.2. The van der Waals surface area contributed by atoms with Crippen LogP contribution < -0.4 is 5.32 Å². The van der Waals surface area contributed by atoms with Gasteiger partial charge >= 0.3 is 0 Å². The van der Waals surface area contributed by atoms with E-state index in [0.717, 1.165) is 28.5 Å². The van der Waals surface area contributed by atoms with Crippen molar-refractivity contribution in [1.82, 2.24) is 10.3 Å². The van der Waals surface area contributed by atoms with Crippen molar-refractivity contribution in [2.45, 2.75) is 29.8 Å². The molecule has 20 heavy (non-hydrogen) atoms. The van der Waals surface area contributed by atoms with Gasteiger partial charge in [-0.2, -0.15) is 0 Å². The van der Waals surface area contributed by atoms with Crippen LogP contribution in [-0.4, -0.2) is 11.5 Å². The van der Waals surface area contributed by atoms with Crippen LogP contribution in [0.3, 0.4) is 0 Å². The Morgan fingerprint density at radius 1 is 1.30 bits per heavy atom. The molecule has 0 spiro atoms. The first-order chi connectivity index (χ1) is 9.69. The van der Waals surface area contributed by atoms with Crippen molar-refractivity contribution in [3.05, 3.63) is 52.9 Å². The average Bonchev–Trinajstić information content (AvgIpc) is 2.44. The highest BCUT2D eigenvalue weighted by molar-refractivity contribution is 7.99. The maximum absolute atomic E-state index is 13.4. The molecule has 1 heterocycles. The summed E-state index contributed by atoms with van der Waals surface area (Å²) in [5, 5.41) is 4.75. The summed E-state index contributed by atoms with van der Waals surface area (Å²) < 4.78 is 13.4. The Bertz CT molecular complexity index is 560. The van der Waals surface area contributed by atoms with Crippen molar-refractivity contribution in [2.75, 3.05) is 6.54 Å². The standard InChI is InChI=1S/C15H16ClFN2S/c1-2-7-18-9-11-8-13(17)4-5-14(11)20-15-6-3-12(16)10-19-15/h3-6,8,10,18H,2,7,9H2,1H3. The van der Waals surface area contributed by atoms with Gasteiger partial charge in [-0.3, -0.25) is 0 Å². The first kappa shape index (κ1) is 15.3. The Morgan fingerprint density at radius 2 is 2.15 bits per heavy atom. The molecule has 2 aromatic rings. The monoisotopic (exact) mass is 310 g/mol. The fourth-order valence-electron chi connectivity index (χ4n) is 1.72. The van der Waals surface area contributed by atoms with Crippen molar-refractivity contribution < 1.29 is 4.39 Å². The maximum Gasteiger partial charge on any atom is 0.123 e. The van der Waals surface area contributed by atoms with Gasteiger partial charge in [0.25, 0.3) is 0 Å². The van der Waals surface area contributed by atoms with Crippen LogP contribution in [0.25, 0.3) is 0 Å². The molecule has 5 heteroatoms. The second-order valence-corrected chi connectivity index (χ2v) is 5.84. The number of nitrogens with one attached hydrogen (secondary N) is 1. The summed E-state index contributed by atoms with van der Waals surface area (Å²) in [7, 11) is 0. The molecule has 0 amide bonds. The van der Waals surface area contributed by atoms with Crippen molar-refractivity contribution in [3.63, 3.8) is 0 Å². The van der Waals surface area contributed by atoms with E-state index in [2.05, 4.69) is 17.2 Å². The van der Waals surface area contributed by atoms with E-state index in [4.69, 9.17) is 11.6 Å². The normalized spacial score (nSPS) is 10.8. The third kappa shape index (κ3) is 4.47. The van der Waals surface area contributed by atoms with E-state index < -0.39 is 0 Å². The molecule has 0 aliphatic heterocycles. The molecule has 0 aliphatic rings. The molecular formula is C15H16ClFN2S. The summed E-state index contributed by atoms with van der Waals surface area (Å²) in [5.41, 5.74) is 0.945. The molecule has 1 aromatic heterocycles. The van der Waals surface area contributed by atoms with Crippen LogP contribution in [0.5, 0.6) is 0 Å². The van der Waals surface area contributed by atoms with E-state index >= 15 is 0 Å². The van der Waals surface area contributed by atoms with Gasteiger partial charge in [-0.1, -0.05) is 30.3 Å². The lowest BCUT2D eigenvalue weighted by Gasteiger charge is -2.10. The number of pyridine rings is 1. The van der Waals surface area contributed by atoms with Gasteiger partial charge in [-0.25, -0.2) is 9.37 Å². The smallest absolute Gasteiger partial charge is 0.123 e. The van der Waals surface area contributed by atoms with Crippen LogP contribution in [0.4, 0.5) is 4.39 Å². The molecule has 0 aliphatic carbocycles. The largest absolute Gasteiger partial charge is 0.313 e. The van der Waals surface area contributed by atoms with Crippen LogP contribution in [0.1, 0.15) is 18.9 Å².